The van der Waals surface area contributed by atoms with Crippen LogP contribution < -0.4 is 5.32 Å². The number of hydrogen-bond donors (Lipinski definition) is 1. The van der Waals surface area contributed by atoms with Crippen molar-refractivity contribution in [3.63, 3.8) is 0 Å². The third-order valence-electron chi connectivity index (χ3n) is 3.71. The number of hydrogen-bond acceptors (Lipinski definition) is 4. The Hall–Kier alpha value is -1.62. The van der Waals surface area contributed by atoms with Crippen LogP contribution in [-0.4, -0.2) is 36.0 Å². The number of piperidine rings is 1. The molecular formula is C14H21N3O2. The van der Waals surface area contributed by atoms with Crippen LogP contribution in [0.25, 0.3) is 0 Å². The van der Waals surface area contributed by atoms with E-state index in [0.717, 1.165) is 24.7 Å². The lowest BCUT2D eigenvalue weighted by Gasteiger charge is -2.30. The zero-order chi connectivity index (χ0) is 13.7. The summed E-state index contributed by atoms with van der Waals surface area (Å²) in [6.07, 6.45) is 2.58. The maximum Gasteiger partial charge on any atom is 0.269 e. The smallest absolute Gasteiger partial charge is 0.269 e. The van der Waals surface area contributed by atoms with Crippen LogP contribution in [0.5, 0.6) is 0 Å². The van der Waals surface area contributed by atoms with Crippen LogP contribution in [0.4, 0.5) is 11.4 Å². The number of nitro groups is 1. The SMILES string of the molecule is CC1CCN(CCNc2ccc([N+](=O)[O-])cc2)CC1. The van der Waals surface area contributed by atoms with Crippen molar-refractivity contribution in [3.05, 3.63) is 34.4 Å². The molecule has 0 atom stereocenters. The summed E-state index contributed by atoms with van der Waals surface area (Å²) in [6.45, 7) is 6.59. The van der Waals surface area contributed by atoms with Crippen molar-refractivity contribution in [2.24, 2.45) is 5.92 Å². The third kappa shape index (κ3) is 4.21. The van der Waals surface area contributed by atoms with E-state index in [4.69, 9.17) is 0 Å². The number of nitrogens with one attached hydrogen (secondary N) is 1. The first-order valence-corrected chi connectivity index (χ1v) is 6.86. The van der Waals surface area contributed by atoms with Crippen LogP contribution in [0.1, 0.15) is 19.8 Å². The van der Waals surface area contributed by atoms with E-state index in [2.05, 4.69) is 17.1 Å². The summed E-state index contributed by atoms with van der Waals surface area (Å²) < 4.78 is 0. The maximum absolute atomic E-state index is 10.5. The van der Waals surface area contributed by atoms with E-state index in [1.54, 1.807) is 12.1 Å². The molecule has 0 unspecified atom stereocenters. The molecule has 0 radical (unpaired) electrons. The standard InChI is InChI=1S/C14H21N3O2/c1-12-6-9-16(10-7-12)11-8-15-13-2-4-14(5-3-13)17(18)19/h2-5,12,15H,6-11H2,1H3. The van der Waals surface area contributed by atoms with Crippen LogP contribution in [0.2, 0.25) is 0 Å². The lowest BCUT2D eigenvalue weighted by molar-refractivity contribution is -0.384. The highest BCUT2D eigenvalue weighted by Crippen LogP contribution is 2.17. The van der Waals surface area contributed by atoms with Gasteiger partial charge in [-0.25, -0.2) is 0 Å². The van der Waals surface area contributed by atoms with Crippen molar-refractivity contribution in [2.75, 3.05) is 31.5 Å². The molecule has 0 amide bonds. The molecule has 1 aliphatic heterocycles. The van der Waals surface area contributed by atoms with Crippen molar-refractivity contribution in [1.82, 2.24) is 4.90 Å². The van der Waals surface area contributed by atoms with Gasteiger partial charge in [-0.1, -0.05) is 6.92 Å². The average Bonchev–Trinajstić information content (AvgIpc) is 2.41. The van der Waals surface area contributed by atoms with Gasteiger partial charge < -0.3 is 10.2 Å². The fraction of sp³-hybridized carbons (Fsp3) is 0.571. The Bertz CT molecular complexity index is 411. The van der Waals surface area contributed by atoms with Crippen molar-refractivity contribution >= 4 is 11.4 Å². The molecule has 104 valence electrons. The van der Waals surface area contributed by atoms with Gasteiger partial charge in [-0.05, 0) is 44.0 Å². The van der Waals surface area contributed by atoms with Crippen molar-refractivity contribution in [1.29, 1.82) is 0 Å². The first kappa shape index (κ1) is 13.8. The molecule has 1 aliphatic rings. The highest BCUT2D eigenvalue weighted by Gasteiger charge is 2.14. The third-order valence-corrected chi connectivity index (χ3v) is 3.71. The quantitative estimate of drug-likeness (QED) is 0.655. The van der Waals surface area contributed by atoms with E-state index >= 15 is 0 Å². The molecule has 0 bridgehead atoms. The number of anilines is 1. The normalized spacial score (nSPS) is 17.3. The van der Waals surface area contributed by atoms with Gasteiger partial charge in [-0.2, -0.15) is 0 Å². The van der Waals surface area contributed by atoms with Crippen molar-refractivity contribution in [3.8, 4) is 0 Å². The van der Waals surface area contributed by atoms with Gasteiger partial charge in [-0.3, -0.25) is 10.1 Å². The Morgan fingerprint density at radius 1 is 1.32 bits per heavy atom. The molecule has 5 nitrogen and oxygen atoms in total. The Morgan fingerprint density at radius 3 is 2.53 bits per heavy atom. The molecule has 0 aliphatic carbocycles. The van der Waals surface area contributed by atoms with Crippen LogP contribution in [0.15, 0.2) is 24.3 Å². The second-order valence-corrected chi connectivity index (χ2v) is 5.25. The highest BCUT2D eigenvalue weighted by atomic mass is 16.6. The molecule has 19 heavy (non-hydrogen) atoms. The van der Waals surface area contributed by atoms with Gasteiger partial charge in [0.15, 0.2) is 0 Å². The van der Waals surface area contributed by atoms with Crippen molar-refractivity contribution < 1.29 is 4.92 Å². The zero-order valence-electron chi connectivity index (χ0n) is 11.3. The minimum atomic E-state index is -0.376. The monoisotopic (exact) mass is 263 g/mol. The average molecular weight is 263 g/mol. The summed E-state index contributed by atoms with van der Waals surface area (Å²) in [5, 5.41) is 13.8. The summed E-state index contributed by atoms with van der Waals surface area (Å²) in [5.41, 5.74) is 1.08. The highest BCUT2D eigenvalue weighted by molar-refractivity contribution is 5.48. The molecule has 1 aromatic rings. The van der Waals surface area contributed by atoms with Gasteiger partial charge in [0.25, 0.3) is 5.69 Å². The molecule has 1 N–H and O–H groups in total. The van der Waals surface area contributed by atoms with Crippen molar-refractivity contribution in [2.45, 2.75) is 19.8 Å². The van der Waals surface area contributed by atoms with Gasteiger partial charge in [0.1, 0.15) is 0 Å². The molecule has 5 heteroatoms. The first-order chi connectivity index (χ1) is 9.15. The predicted octanol–water partition coefficient (Wildman–Crippen LogP) is 2.74. The Labute approximate surface area is 113 Å². The zero-order valence-corrected chi connectivity index (χ0v) is 11.3. The molecule has 1 saturated heterocycles. The minimum Gasteiger partial charge on any atom is -0.384 e. The number of non-ortho nitro benzene ring substituents is 1. The van der Waals surface area contributed by atoms with E-state index in [1.165, 1.54) is 38.1 Å². The molecule has 0 spiro atoms. The molecule has 0 aromatic heterocycles. The van der Waals surface area contributed by atoms with Gasteiger partial charge in [0.05, 0.1) is 4.92 Å². The minimum absolute atomic E-state index is 0.135. The second-order valence-electron chi connectivity index (χ2n) is 5.25. The summed E-state index contributed by atoms with van der Waals surface area (Å²) in [5.74, 6) is 0.860. The van der Waals surface area contributed by atoms with E-state index in [-0.39, 0.29) is 10.6 Å². The predicted molar refractivity (Wildman–Crippen MR) is 76.4 cm³/mol. The van der Waals surface area contributed by atoms with Gasteiger partial charge in [-0.15, -0.1) is 0 Å². The maximum atomic E-state index is 10.5. The number of nitro benzene ring substituents is 1. The fourth-order valence-corrected chi connectivity index (χ4v) is 2.35. The lowest BCUT2D eigenvalue weighted by atomic mass is 9.99. The Balaban J connectivity index is 1.72. The molecular weight excluding hydrogens is 242 g/mol. The number of rotatable bonds is 5. The number of likely N-dealkylation sites (tertiary alicyclic amines) is 1. The van der Waals surface area contributed by atoms with E-state index in [1.807, 2.05) is 0 Å². The van der Waals surface area contributed by atoms with Gasteiger partial charge in [0, 0.05) is 30.9 Å². The summed E-state index contributed by atoms with van der Waals surface area (Å²) in [4.78, 5) is 12.6. The van der Waals surface area contributed by atoms with E-state index < -0.39 is 0 Å². The molecule has 1 aromatic carbocycles. The Morgan fingerprint density at radius 2 is 1.95 bits per heavy atom. The van der Waals surface area contributed by atoms with E-state index in [9.17, 15) is 10.1 Å². The lowest BCUT2D eigenvalue weighted by Crippen LogP contribution is -2.36. The Kier molecular flexibility index (Phi) is 4.74. The van der Waals surface area contributed by atoms with Gasteiger partial charge >= 0.3 is 0 Å². The summed E-state index contributed by atoms with van der Waals surface area (Å²) in [7, 11) is 0. The molecule has 1 fully saturated rings. The first-order valence-electron chi connectivity index (χ1n) is 6.86. The molecule has 0 saturated carbocycles. The van der Waals surface area contributed by atoms with Crippen LogP contribution in [-0.2, 0) is 0 Å². The molecule has 2 rings (SSSR count). The number of benzene rings is 1. The summed E-state index contributed by atoms with van der Waals surface area (Å²) >= 11 is 0. The summed E-state index contributed by atoms with van der Waals surface area (Å²) in [6, 6.07) is 6.59. The largest absolute Gasteiger partial charge is 0.384 e. The number of nitrogens with zero attached hydrogens (tertiary/aromatic N) is 2. The topological polar surface area (TPSA) is 58.4 Å². The fourth-order valence-electron chi connectivity index (χ4n) is 2.35. The second kappa shape index (κ2) is 6.52. The van der Waals surface area contributed by atoms with Gasteiger partial charge in [0.2, 0.25) is 0 Å². The van der Waals surface area contributed by atoms with Crippen LogP contribution in [0.3, 0.4) is 0 Å². The van der Waals surface area contributed by atoms with E-state index in [0.29, 0.717) is 0 Å². The molecule has 1 heterocycles. The van der Waals surface area contributed by atoms with Crippen LogP contribution >= 0.6 is 0 Å². The van der Waals surface area contributed by atoms with Crippen LogP contribution in [0, 0.1) is 16.0 Å².